The highest BCUT2D eigenvalue weighted by molar-refractivity contribution is 5.79. The number of fused-ring (bicyclic) bond motifs is 2. The highest BCUT2D eigenvalue weighted by Crippen LogP contribution is 2.42. The molecule has 1 fully saturated rings. The molecule has 0 radical (unpaired) electrons. The van der Waals surface area contributed by atoms with Crippen molar-refractivity contribution in [3.8, 4) is 28.6 Å². The molecule has 1 N–H and O–H groups in total. The van der Waals surface area contributed by atoms with Crippen molar-refractivity contribution in [2.75, 3.05) is 13.9 Å². The molecule has 0 amide bonds. The topological polar surface area (TPSA) is 74.2 Å². The lowest BCUT2D eigenvalue weighted by molar-refractivity contribution is 0.174. The Hall–Kier alpha value is -2.70. The smallest absolute Gasteiger partial charge is 0.231 e. The van der Waals surface area contributed by atoms with Gasteiger partial charge in [-0.25, -0.2) is 9.67 Å². The Bertz CT molecular complexity index is 940. The van der Waals surface area contributed by atoms with Gasteiger partial charge >= 0.3 is 0 Å². The van der Waals surface area contributed by atoms with Crippen LogP contribution in [0.4, 0.5) is 0 Å². The second kappa shape index (κ2) is 6.23. The molecule has 0 saturated heterocycles. The largest absolute Gasteiger partial charge is 0.496 e. The molecule has 2 aromatic heterocycles. The number of hydrogen-bond acceptors (Lipinski definition) is 5. The van der Waals surface area contributed by atoms with E-state index in [1.807, 2.05) is 23.0 Å². The Labute approximate surface area is 151 Å². The molecule has 1 saturated carbocycles. The van der Waals surface area contributed by atoms with Crippen molar-refractivity contribution in [2.45, 2.75) is 38.6 Å². The standard InChI is InChI=1S/C19H22N4O3/c1-24-15-8-17-16(25-11-26-17)7-13(15)18-21-14-9-20-23(19(14)22-18)10-12-5-3-2-4-6-12/h7-9,12H,2-6,10-11H2,1H3,(H,21,22). The predicted octanol–water partition coefficient (Wildman–Crippen LogP) is 3.74. The first-order valence-corrected chi connectivity index (χ1v) is 9.21. The maximum Gasteiger partial charge on any atom is 0.231 e. The summed E-state index contributed by atoms with van der Waals surface area (Å²) >= 11 is 0. The molecule has 2 aliphatic rings. The molecule has 1 aliphatic carbocycles. The molecule has 0 unspecified atom stereocenters. The van der Waals surface area contributed by atoms with Gasteiger partial charge in [-0.15, -0.1) is 0 Å². The SMILES string of the molecule is COc1cc2c(cc1-c1nc3c(cnn3CC3CCCCC3)[nH]1)OCO2. The van der Waals surface area contributed by atoms with Crippen molar-refractivity contribution in [1.82, 2.24) is 19.7 Å². The van der Waals surface area contributed by atoms with Crippen LogP contribution >= 0.6 is 0 Å². The fraction of sp³-hybridized carbons (Fsp3) is 0.474. The summed E-state index contributed by atoms with van der Waals surface area (Å²) in [4.78, 5) is 8.18. The Morgan fingerprint density at radius 2 is 2.00 bits per heavy atom. The molecule has 3 aromatic rings. The van der Waals surface area contributed by atoms with Gasteiger partial charge in [-0.1, -0.05) is 19.3 Å². The minimum Gasteiger partial charge on any atom is -0.496 e. The molecular weight excluding hydrogens is 332 g/mol. The van der Waals surface area contributed by atoms with Gasteiger partial charge in [-0.05, 0) is 24.8 Å². The first kappa shape index (κ1) is 15.5. The molecule has 3 heterocycles. The fourth-order valence-electron chi connectivity index (χ4n) is 4.00. The fourth-order valence-corrected chi connectivity index (χ4v) is 4.00. The molecule has 26 heavy (non-hydrogen) atoms. The van der Waals surface area contributed by atoms with E-state index in [2.05, 4.69) is 10.1 Å². The quantitative estimate of drug-likeness (QED) is 0.772. The van der Waals surface area contributed by atoms with E-state index in [4.69, 9.17) is 19.2 Å². The number of nitrogens with one attached hydrogen (secondary N) is 1. The van der Waals surface area contributed by atoms with Crippen molar-refractivity contribution < 1.29 is 14.2 Å². The lowest BCUT2D eigenvalue weighted by atomic mass is 9.89. The average Bonchev–Trinajstić information content (AvgIpc) is 3.38. The third-order valence-electron chi connectivity index (χ3n) is 5.39. The minimum atomic E-state index is 0.235. The minimum absolute atomic E-state index is 0.235. The molecule has 1 aliphatic heterocycles. The molecule has 1 aromatic carbocycles. The Balaban J connectivity index is 1.50. The number of H-pyrrole nitrogens is 1. The normalized spacial score (nSPS) is 17.1. The summed E-state index contributed by atoms with van der Waals surface area (Å²) in [5, 5.41) is 4.53. The van der Waals surface area contributed by atoms with Crippen LogP contribution in [0.2, 0.25) is 0 Å². The molecule has 7 nitrogen and oxygen atoms in total. The van der Waals surface area contributed by atoms with Crippen LogP contribution in [-0.4, -0.2) is 33.7 Å². The number of nitrogens with zero attached hydrogens (tertiary/aromatic N) is 3. The number of methoxy groups -OCH3 is 1. The van der Waals surface area contributed by atoms with Crippen LogP contribution in [-0.2, 0) is 6.54 Å². The van der Waals surface area contributed by atoms with Gasteiger partial charge in [0.15, 0.2) is 17.1 Å². The third kappa shape index (κ3) is 2.58. The van der Waals surface area contributed by atoms with Crippen molar-refractivity contribution in [2.24, 2.45) is 5.92 Å². The van der Waals surface area contributed by atoms with E-state index < -0.39 is 0 Å². The summed E-state index contributed by atoms with van der Waals surface area (Å²) < 4.78 is 18.5. The predicted molar refractivity (Wildman–Crippen MR) is 96.6 cm³/mol. The zero-order valence-corrected chi connectivity index (χ0v) is 14.8. The third-order valence-corrected chi connectivity index (χ3v) is 5.39. The summed E-state index contributed by atoms with van der Waals surface area (Å²) in [5.41, 5.74) is 2.69. The first-order valence-electron chi connectivity index (χ1n) is 9.21. The number of ether oxygens (including phenoxy) is 3. The zero-order chi connectivity index (χ0) is 17.5. The van der Waals surface area contributed by atoms with Gasteiger partial charge < -0.3 is 19.2 Å². The van der Waals surface area contributed by atoms with Crippen molar-refractivity contribution >= 4 is 11.2 Å². The highest BCUT2D eigenvalue weighted by Gasteiger charge is 2.22. The Morgan fingerprint density at radius 3 is 2.81 bits per heavy atom. The molecule has 0 spiro atoms. The van der Waals surface area contributed by atoms with Crippen LogP contribution in [0.1, 0.15) is 32.1 Å². The molecular formula is C19H22N4O3. The Kier molecular flexibility index (Phi) is 3.72. The van der Waals surface area contributed by atoms with Gasteiger partial charge in [0.05, 0.1) is 18.9 Å². The van der Waals surface area contributed by atoms with Crippen LogP contribution in [0.5, 0.6) is 17.2 Å². The van der Waals surface area contributed by atoms with Gasteiger partial charge in [0.1, 0.15) is 17.1 Å². The number of benzene rings is 1. The summed E-state index contributed by atoms with van der Waals surface area (Å²) in [7, 11) is 1.65. The number of aromatic amines is 1. The lowest BCUT2D eigenvalue weighted by Gasteiger charge is -2.21. The zero-order valence-electron chi connectivity index (χ0n) is 14.8. The monoisotopic (exact) mass is 354 g/mol. The maximum atomic E-state index is 5.53. The van der Waals surface area contributed by atoms with Crippen LogP contribution in [0.3, 0.4) is 0 Å². The molecule has 0 bridgehead atoms. The van der Waals surface area contributed by atoms with Gasteiger partial charge in [-0.2, -0.15) is 5.10 Å². The van der Waals surface area contributed by atoms with Crippen LogP contribution < -0.4 is 14.2 Å². The molecule has 136 valence electrons. The number of hydrogen-bond donors (Lipinski definition) is 1. The molecule has 5 rings (SSSR count). The number of aromatic nitrogens is 4. The summed E-state index contributed by atoms with van der Waals surface area (Å²) in [6.07, 6.45) is 8.45. The van der Waals surface area contributed by atoms with E-state index in [1.54, 1.807) is 7.11 Å². The van der Waals surface area contributed by atoms with E-state index in [0.717, 1.165) is 29.1 Å². The van der Waals surface area contributed by atoms with E-state index in [0.29, 0.717) is 23.2 Å². The average molecular weight is 354 g/mol. The Morgan fingerprint density at radius 1 is 1.19 bits per heavy atom. The van der Waals surface area contributed by atoms with Crippen molar-refractivity contribution in [3.63, 3.8) is 0 Å². The van der Waals surface area contributed by atoms with Crippen LogP contribution in [0.15, 0.2) is 18.3 Å². The number of imidazole rings is 1. The summed E-state index contributed by atoms with van der Waals surface area (Å²) in [5.74, 6) is 3.57. The van der Waals surface area contributed by atoms with Gasteiger partial charge in [0, 0.05) is 12.6 Å². The first-order chi connectivity index (χ1) is 12.8. The van der Waals surface area contributed by atoms with E-state index in [9.17, 15) is 0 Å². The second-order valence-electron chi connectivity index (χ2n) is 7.06. The van der Waals surface area contributed by atoms with Crippen molar-refractivity contribution in [3.05, 3.63) is 18.3 Å². The van der Waals surface area contributed by atoms with Crippen molar-refractivity contribution in [1.29, 1.82) is 0 Å². The van der Waals surface area contributed by atoms with E-state index in [1.165, 1.54) is 32.1 Å². The molecule has 0 atom stereocenters. The van der Waals surface area contributed by atoms with Gasteiger partial charge in [-0.3, -0.25) is 0 Å². The van der Waals surface area contributed by atoms with Crippen LogP contribution in [0.25, 0.3) is 22.6 Å². The lowest BCUT2D eigenvalue weighted by Crippen LogP contribution is -2.15. The highest BCUT2D eigenvalue weighted by atomic mass is 16.7. The summed E-state index contributed by atoms with van der Waals surface area (Å²) in [6, 6.07) is 3.76. The maximum absolute atomic E-state index is 5.53. The van der Waals surface area contributed by atoms with E-state index in [-0.39, 0.29) is 6.79 Å². The van der Waals surface area contributed by atoms with Gasteiger partial charge in [0.2, 0.25) is 6.79 Å². The van der Waals surface area contributed by atoms with Gasteiger partial charge in [0.25, 0.3) is 0 Å². The van der Waals surface area contributed by atoms with Crippen LogP contribution in [0, 0.1) is 5.92 Å². The number of rotatable bonds is 4. The summed E-state index contributed by atoms with van der Waals surface area (Å²) in [6.45, 7) is 1.17. The van der Waals surface area contributed by atoms with E-state index >= 15 is 0 Å². The molecule has 7 heteroatoms. The second-order valence-corrected chi connectivity index (χ2v) is 7.06.